The molecule has 96 valence electrons. The maximum absolute atomic E-state index is 11.9. The zero-order chi connectivity index (χ0) is 12.4. The van der Waals surface area contributed by atoms with Crippen LogP contribution < -0.4 is 5.32 Å². The molecule has 0 aromatic carbocycles. The highest BCUT2D eigenvalue weighted by molar-refractivity contribution is 5.90. The summed E-state index contributed by atoms with van der Waals surface area (Å²) in [5.74, 6) is 2.04. The summed E-state index contributed by atoms with van der Waals surface area (Å²) in [6.45, 7) is 0.719. The van der Waals surface area contributed by atoms with Gasteiger partial charge in [-0.15, -0.1) is 5.10 Å². The lowest BCUT2D eigenvalue weighted by Gasteiger charge is -2.17. The van der Waals surface area contributed by atoms with Crippen molar-refractivity contribution in [3.63, 3.8) is 0 Å². The van der Waals surface area contributed by atoms with Crippen LogP contribution in [-0.2, 0) is 0 Å². The summed E-state index contributed by atoms with van der Waals surface area (Å²) in [5.41, 5.74) is 0. The minimum Gasteiger partial charge on any atom is -0.349 e. The quantitative estimate of drug-likeness (QED) is 0.795. The number of aromatic amines is 1. The average molecular weight is 246 g/mol. The lowest BCUT2D eigenvalue weighted by Crippen LogP contribution is -2.30. The number of rotatable bonds is 4. The first-order valence-corrected chi connectivity index (χ1v) is 6.68. The number of H-pyrrole nitrogens is 1. The fraction of sp³-hybridized carbons (Fsp3) is 0.615. The van der Waals surface area contributed by atoms with E-state index in [1.165, 1.54) is 0 Å². The smallest absolute Gasteiger partial charge is 0.290 e. The van der Waals surface area contributed by atoms with E-state index in [0.29, 0.717) is 11.8 Å². The van der Waals surface area contributed by atoms with Crippen molar-refractivity contribution in [2.75, 3.05) is 6.54 Å². The minimum absolute atomic E-state index is 0.160. The molecule has 1 aromatic rings. The van der Waals surface area contributed by atoms with Gasteiger partial charge in [-0.3, -0.25) is 9.89 Å². The van der Waals surface area contributed by atoms with E-state index in [9.17, 15) is 4.79 Å². The summed E-state index contributed by atoms with van der Waals surface area (Å²) in [5, 5.41) is 9.76. The Kier molecular flexibility index (Phi) is 3.13. The molecule has 1 unspecified atom stereocenters. The number of amides is 1. The van der Waals surface area contributed by atoms with Crippen LogP contribution in [0, 0.1) is 5.92 Å². The number of nitrogens with one attached hydrogen (secondary N) is 2. The molecule has 1 atom stereocenters. The average Bonchev–Trinajstić information content (AvgIpc) is 3.15. The molecule has 5 heteroatoms. The van der Waals surface area contributed by atoms with Gasteiger partial charge in [0.05, 0.1) is 0 Å². The molecule has 0 aliphatic heterocycles. The van der Waals surface area contributed by atoms with Crippen LogP contribution in [0.3, 0.4) is 0 Å². The Morgan fingerprint density at radius 3 is 3.00 bits per heavy atom. The van der Waals surface area contributed by atoms with E-state index in [1.807, 2.05) is 0 Å². The number of aromatic nitrogens is 3. The van der Waals surface area contributed by atoms with Gasteiger partial charge in [0.1, 0.15) is 5.82 Å². The number of carbonyl (C=O) groups is 1. The predicted molar refractivity (Wildman–Crippen MR) is 67.2 cm³/mol. The molecule has 2 N–H and O–H groups in total. The fourth-order valence-electron chi connectivity index (χ4n) is 2.27. The first-order valence-electron chi connectivity index (χ1n) is 6.68. The van der Waals surface area contributed by atoms with Crippen LogP contribution in [0.2, 0.25) is 0 Å². The molecule has 1 heterocycles. The molecule has 18 heavy (non-hydrogen) atoms. The lowest BCUT2D eigenvalue weighted by molar-refractivity contribution is 0.0936. The molecule has 0 radical (unpaired) electrons. The standard InChI is InChI=1S/C13H18N4O/c18-13(14-8-9-4-2-1-3-5-9)12-15-11(16-17-12)10-6-7-10/h1-2,9-10H,3-8H2,(H,14,18)(H,15,16,17). The summed E-state index contributed by atoms with van der Waals surface area (Å²) in [7, 11) is 0. The molecule has 1 amide bonds. The van der Waals surface area contributed by atoms with Gasteiger partial charge in [-0.1, -0.05) is 12.2 Å². The number of hydrogen-bond donors (Lipinski definition) is 2. The minimum atomic E-state index is -0.160. The van der Waals surface area contributed by atoms with Crippen molar-refractivity contribution < 1.29 is 4.79 Å². The van der Waals surface area contributed by atoms with Gasteiger partial charge in [0.15, 0.2) is 0 Å². The van der Waals surface area contributed by atoms with E-state index >= 15 is 0 Å². The second-order valence-electron chi connectivity index (χ2n) is 5.18. The van der Waals surface area contributed by atoms with E-state index < -0.39 is 0 Å². The van der Waals surface area contributed by atoms with Crippen molar-refractivity contribution in [2.24, 2.45) is 5.92 Å². The SMILES string of the molecule is O=C(NCC1CC=CCC1)c1n[nH]c(C2CC2)n1. The van der Waals surface area contributed by atoms with Crippen molar-refractivity contribution in [2.45, 2.75) is 38.0 Å². The van der Waals surface area contributed by atoms with Gasteiger partial charge in [-0.2, -0.15) is 0 Å². The van der Waals surface area contributed by atoms with Crippen LogP contribution in [0.15, 0.2) is 12.2 Å². The van der Waals surface area contributed by atoms with Gasteiger partial charge in [0, 0.05) is 12.5 Å². The van der Waals surface area contributed by atoms with E-state index in [2.05, 4.69) is 32.7 Å². The monoisotopic (exact) mass is 246 g/mol. The Bertz CT molecular complexity index is 461. The van der Waals surface area contributed by atoms with Crippen LogP contribution in [0.4, 0.5) is 0 Å². The summed E-state index contributed by atoms with van der Waals surface area (Å²) in [6, 6.07) is 0. The highest BCUT2D eigenvalue weighted by atomic mass is 16.2. The Hall–Kier alpha value is -1.65. The van der Waals surface area contributed by atoms with Crippen LogP contribution in [0.5, 0.6) is 0 Å². The Morgan fingerprint density at radius 2 is 2.28 bits per heavy atom. The number of nitrogens with zero attached hydrogens (tertiary/aromatic N) is 2. The molecule has 1 fully saturated rings. The molecular formula is C13H18N4O. The van der Waals surface area contributed by atoms with E-state index in [4.69, 9.17) is 0 Å². The van der Waals surface area contributed by atoms with Crippen molar-refractivity contribution in [1.29, 1.82) is 0 Å². The van der Waals surface area contributed by atoms with Crippen molar-refractivity contribution in [1.82, 2.24) is 20.5 Å². The lowest BCUT2D eigenvalue weighted by atomic mass is 9.94. The Labute approximate surface area is 106 Å². The van der Waals surface area contributed by atoms with Crippen LogP contribution in [-0.4, -0.2) is 27.6 Å². The van der Waals surface area contributed by atoms with Crippen molar-refractivity contribution >= 4 is 5.91 Å². The molecular weight excluding hydrogens is 228 g/mol. The number of allylic oxidation sites excluding steroid dienone is 2. The third kappa shape index (κ3) is 2.60. The third-order valence-corrected chi connectivity index (χ3v) is 3.60. The number of carbonyl (C=O) groups excluding carboxylic acids is 1. The zero-order valence-corrected chi connectivity index (χ0v) is 10.4. The molecule has 1 aromatic heterocycles. The fourth-order valence-corrected chi connectivity index (χ4v) is 2.27. The van der Waals surface area contributed by atoms with Crippen LogP contribution in [0.25, 0.3) is 0 Å². The summed E-state index contributed by atoms with van der Waals surface area (Å²) in [4.78, 5) is 16.1. The molecule has 2 aliphatic carbocycles. The van der Waals surface area contributed by atoms with E-state index in [-0.39, 0.29) is 11.7 Å². The highest BCUT2D eigenvalue weighted by Gasteiger charge is 2.28. The summed E-state index contributed by atoms with van der Waals surface area (Å²) >= 11 is 0. The third-order valence-electron chi connectivity index (χ3n) is 3.60. The summed E-state index contributed by atoms with van der Waals surface area (Å²) in [6.07, 6.45) is 10.0. The van der Waals surface area contributed by atoms with Gasteiger partial charge < -0.3 is 5.32 Å². The molecule has 0 saturated heterocycles. The van der Waals surface area contributed by atoms with E-state index in [0.717, 1.165) is 44.5 Å². The first-order chi connectivity index (χ1) is 8.83. The second-order valence-corrected chi connectivity index (χ2v) is 5.18. The molecule has 5 nitrogen and oxygen atoms in total. The van der Waals surface area contributed by atoms with Gasteiger partial charge >= 0.3 is 0 Å². The predicted octanol–water partition coefficient (Wildman–Crippen LogP) is 1.77. The maximum atomic E-state index is 11.9. The van der Waals surface area contributed by atoms with Crippen molar-refractivity contribution in [3.05, 3.63) is 23.8 Å². The van der Waals surface area contributed by atoms with Crippen molar-refractivity contribution in [3.8, 4) is 0 Å². The van der Waals surface area contributed by atoms with Gasteiger partial charge in [0.25, 0.3) is 5.91 Å². The topological polar surface area (TPSA) is 70.7 Å². The maximum Gasteiger partial charge on any atom is 0.290 e. The molecule has 2 aliphatic rings. The second kappa shape index (κ2) is 4.92. The first kappa shape index (κ1) is 11.4. The summed E-state index contributed by atoms with van der Waals surface area (Å²) < 4.78 is 0. The Balaban J connectivity index is 1.51. The van der Waals surface area contributed by atoms with Gasteiger partial charge in [-0.25, -0.2) is 4.98 Å². The van der Waals surface area contributed by atoms with Gasteiger partial charge in [-0.05, 0) is 38.0 Å². The number of hydrogen-bond acceptors (Lipinski definition) is 3. The largest absolute Gasteiger partial charge is 0.349 e. The zero-order valence-electron chi connectivity index (χ0n) is 10.4. The Morgan fingerprint density at radius 1 is 1.39 bits per heavy atom. The molecule has 1 saturated carbocycles. The molecule has 0 spiro atoms. The van der Waals surface area contributed by atoms with Gasteiger partial charge in [0.2, 0.25) is 5.82 Å². The van der Waals surface area contributed by atoms with Crippen LogP contribution >= 0.6 is 0 Å². The molecule has 0 bridgehead atoms. The van der Waals surface area contributed by atoms with Crippen LogP contribution in [0.1, 0.15) is 54.5 Å². The van der Waals surface area contributed by atoms with E-state index in [1.54, 1.807) is 0 Å². The highest BCUT2D eigenvalue weighted by Crippen LogP contribution is 2.37. The normalized spacial score (nSPS) is 23.0. The molecule has 3 rings (SSSR count).